The molecule has 50 heavy (non-hydrogen) atoms. The van der Waals surface area contributed by atoms with Gasteiger partial charge in [-0.05, 0) is 96.6 Å². The molecule has 2 atom stereocenters. The number of hydrogen-bond donors (Lipinski definition) is 3. The lowest BCUT2D eigenvalue weighted by molar-refractivity contribution is 0.0472. The van der Waals surface area contributed by atoms with Crippen LogP contribution in [-0.2, 0) is 28.0 Å². The number of sulfonamides is 1. The molecule has 5 aromatic carbocycles. The standard InChI is InChI=1S/C40H40N2O7S/c1-26-20-34(21-27(2)38(26)31-12-14-32(15-13-31)40(44)49-24-29-8-5-4-6-9-29)47-19-18-41-28(3)39(43)36-17-16-33-23-37(36)42-50(45,46)35-11-7-10-30(22-35)25-48-33/h4-17,20-23,28,39,41-43H,18-19,24-25H2,1-3H3/t28-,39-/m0/s1. The van der Waals surface area contributed by atoms with Crippen molar-refractivity contribution in [3.05, 3.63) is 143 Å². The topological polar surface area (TPSA) is 123 Å². The minimum absolute atomic E-state index is 0.128. The lowest BCUT2D eigenvalue weighted by Crippen LogP contribution is -2.35. The van der Waals surface area contributed by atoms with Crippen molar-refractivity contribution in [1.29, 1.82) is 0 Å². The first kappa shape index (κ1) is 34.7. The van der Waals surface area contributed by atoms with Crippen LogP contribution in [0, 0.1) is 13.8 Å². The third-order valence-corrected chi connectivity index (χ3v) is 10.0. The molecule has 1 heterocycles. The molecule has 0 fully saturated rings. The van der Waals surface area contributed by atoms with Crippen molar-refractivity contribution in [1.82, 2.24) is 5.32 Å². The van der Waals surface area contributed by atoms with E-state index in [-0.39, 0.29) is 29.8 Å². The van der Waals surface area contributed by atoms with Gasteiger partial charge in [0.25, 0.3) is 10.0 Å². The van der Waals surface area contributed by atoms with Crippen molar-refractivity contribution < 1.29 is 32.5 Å². The monoisotopic (exact) mass is 692 g/mol. The Hall–Kier alpha value is -5.16. The van der Waals surface area contributed by atoms with E-state index in [1.54, 1.807) is 42.5 Å². The Kier molecular flexibility index (Phi) is 10.5. The highest BCUT2D eigenvalue weighted by Gasteiger charge is 2.24. The number of esters is 1. The molecular formula is C40H40N2O7S. The molecule has 9 nitrogen and oxygen atoms in total. The maximum atomic E-state index is 13.1. The van der Waals surface area contributed by atoms with Crippen LogP contribution in [-0.4, -0.2) is 38.7 Å². The summed E-state index contributed by atoms with van der Waals surface area (Å²) < 4.78 is 46.3. The Morgan fingerprint density at radius 2 is 1.66 bits per heavy atom. The first-order chi connectivity index (χ1) is 24.1. The molecular weight excluding hydrogens is 653 g/mol. The number of nitrogens with one attached hydrogen (secondary N) is 2. The number of rotatable bonds is 11. The maximum absolute atomic E-state index is 13.1. The van der Waals surface area contributed by atoms with Gasteiger partial charge in [-0.15, -0.1) is 0 Å². The second-order valence-corrected chi connectivity index (χ2v) is 14.1. The van der Waals surface area contributed by atoms with E-state index in [9.17, 15) is 18.3 Å². The molecule has 0 saturated carbocycles. The highest BCUT2D eigenvalue weighted by molar-refractivity contribution is 7.92. The van der Waals surface area contributed by atoms with Gasteiger partial charge < -0.3 is 24.6 Å². The van der Waals surface area contributed by atoms with Gasteiger partial charge in [0.05, 0.1) is 22.3 Å². The van der Waals surface area contributed by atoms with E-state index in [2.05, 4.69) is 10.0 Å². The van der Waals surface area contributed by atoms with Gasteiger partial charge in [0.15, 0.2) is 0 Å². The van der Waals surface area contributed by atoms with Crippen LogP contribution < -0.4 is 19.5 Å². The molecule has 3 N–H and O–H groups in total. The molecule has 0 spiro atoms. The summed E-state index contributed by atoms with van der Waals surface area (Å²) >= 11 is 0. The van der Waals surface area contributed by atoms with Crippen LogP contribution in [0.5, 0.6) is 11.5 Å². The van der Waals surface area contributed by atoms with Gasteiger partial charge in [-0.3, -0.25) is 4.72 Å². The van der Waals surface area contributed by atoms with E-state index < -0.39 is 22.2 Å². The number of anilines is 1. The van der Waals surface area contributed by atoms with Crippen LogP contribution in [0.4, 0.5) is 5.69 Å². The van der Waals surface area contributed by atoms with E-state index in [0.717, 1.165) is 39.1 Å². The Morgan fingerprint density at radius 3 is 2.40 bits per heavy atom. The Labute approximate surface area is 292 Å². The second-order valence-electron chi connectivity index (χ2n) is 12.4. The Balaban J connectivity index is 1.04. The molecule has 0 amide bonds. The van der Waals surface area contributed by atoms with Crippen molar-refractivity contribution >= 4 is 21.7 Å². The first-order valence-corrected chi connectivity index (χ1v) is 17.9. The third-order valence-electron chi connectivity index (χ3n) is 8.64. The van der Waals surface area contributed by atoms with Gasteiger partial charge in [0, 0.05) is 24.2 Å². The Morgan fingerprint density at radius 1 is 0.920 bits per heavy atom. The van der Waals surface area contributed by atoms with E-state index >= 15 is 0 Å². The second kappa shape index (κ2) is 15.2. The molecule has 4 bridgehead atoms. The van der Waals surface area contributed by atoms with Crippen LogP contribution in [0.15, 0.2) is 114 Å². The van der Waals surface area contributed by atoms with Gasteiger partial charge in [-0.1, -0.05) is 60.7 Å². The maximum Gasteiger partial charge on any atom is 0.338 e. The van der Waals surface area contributed by atoms with Gasteiger partial charge in [0.2, 0.25) is 0 Å². The van der Waals surface area contributed by atoms with E-state index in [4.69, 9.17) is 14.2 Å². The van der Waals surface area contributed by atoms with Crippen LogP contribution in [0.3, 0.4) is 0 Å². The average molecular weight is 693 g/mol. The largest absolute Gasteiger partial charge is 0.492 e. The minimum Gasteiger partial charge on any atom is -0.492 e. The van der Waals surface area contributed by atoms with E-state index in [0.29, 0.717) is 30.0 Å². The number of hydrogen-bond acceptors (Lipinski definition) is 8. The number of aliphatic hydroxyl groups excluding tert-OH is 1. The summed E-state index contributed by atoms with van der Waals surface area (Å²) in [7, 11) is -3.87. The number of benzene rings is 5. The zero-order valence-corrected chi connectivity index (χ0v) is 29.0. The lowest BCUT2D eigenvalue weighted by atomic mass is 9.95. The minimum atomic E-state index is -3.87. The van der Waals surface area contributed by atoms with Gasteiger partial charge >= 0.3 is 5.97 Å². The van der Waals surface area contributed by atoms with E-state index in [1.807, 2.05) is 81.4 Å². The molecule has 0 radical (unpaired) electrons. The molecule has 0 unspecified atom stereocenters. The number of carbonyl (C=O) groups excluding carboxylic acids is 1. The predicted molar refractivity (Wildman–Crippen MR) is 193 cm³/mol. The fraction of sp³-hybridized carbons (Fsp3) is 0.225. The SMILES string of the molecule is Cc1cc(OCCN[C@@H](C)[C@H](O)c2ccc3cc2NS(=O)(=O)c2cccc(c2)CO3)cc(C)c1-c1ccc(C(=O)OCc2ccccc2)cc1. The molecule has 6 rings (SSSR count). The number of aliphatic hydroxyl groups is 1. The molecule has 0 aromatic heterocycles. The van der Waals surface area contributed by atoms with Gasteiger partial charge in [-0.2, -0.15) is 0 Å². The summed E-state index contributed by atoms with van der Waals surface area (Å²) in [4.78, 5) is 12.7. The van der Waals surface area contributed by atoms with Crippen molar-refractivity contribution in [3.63, 3.8) is 0 Å². The molecule has 0 saturated heterocycles. The number of aryl methyl sites for hydroxylation is 2. The van der Waals surface area contributed by atoms with Gasteiger partial charge in [0.1, 0.15) is 31.3 Å². The molecule has 0 aliphatic carbocycles. The predicted octanol–water partition coefficient (Wildman–Crippen LogP) is 7.11. The normalized spacial score (nSPS) is 14.4. The van der Waals surface area contributed by atoms with Crippen molar-refractivity contribution in [2.45, 2.75) is 51.0 Å². The summed E-state index contributed by atoms with van der Waals surface area (Å²) in [6.45, 7) is 7.11. The highest BCUT2D eigenvalue weighted by Crippen LogP contribution is 2.34. The molecule has 10 heteroatoms. The summed E-state index contributed by atoms with van der Waals surface area (Å²) in [5.41, 5.74) is 6.98. The molecule has 258 valence electrons. The quantitative estimate of drug-likeness (QED) is 0.0989. The van der Waals surface area contributed by atoms with Crippen LogP contribution in [0.2, 0.25) is 0 Å². The smallest absolute Gasteiger partial charge is 0.338 e. The third kappa shape index (κ3) is 8.16. The molecule has 5 aromatic rings. The van der Waals surface area contributed by atoms with Crippen molar-refractivity contribution in [2.24, 2.45) is 0 Å². The molecule has 1 aliphatic rings. The van der Waals surface area contributed by atoms with Crippen LogP contribution in [0.1, 0.15) is 51.2 Å². The van der Waals surface area contributed by atoms with Crippen molar-refractivity contribution in [3.8, 4) is 22.6 Å². The van der Waals surface area contributed by atoms with Crippen LogP contribution >= 0.6 is 0 Å². The fourth-order valence-electron chi connectivity index (χ4n) is 6.02. The fourth-order valence-corrected chi connectivity index (χ4v) is 7.17. The number of ether oxygens (including phenoxy) is 3. The zero-order chi connectivity index (χ0) is 35.3. The summed E-state index contributed by atoms with van der Waals surface area (Å²) in [6, 6.07) is 32.1. The lowest BCUT2D eigenvalue weighted by Gasteiger charge is -2.24. The summed E-state index contributed by atoms with van der Waals surface area (Å²) in [6.07, 6.45) is -1.02. The number of carbonyl (C=O) groups is 1. The van der Waals surface area contributed by atoms with Crippen LogP contribution in [0.25, 0.3) is 11.1 Å². The first-order valence-electron chi connectivity index (χ1n) is 16.4. The van der Waals surface area contributed by atoms with Gasteiger partial charge in [-0.25, -0.2) is 13.2 Å². The zero-order valence-electron chi connectivity index (χ0n) is 28.2. The average Bonchev–Trinajstić information content (AvgIpc) is 3.11. The summed E-state index contributed by atoms with van der Waals surface area (Å²) in [5.74, 6) is 0.845. The Bertz CT molecular complexity index is 2060. The highest BCUT2D eigenvalue weighted by atomic mass is 32.2. The molecule has 1 aliphatic heterocycles. The summed E-state index contributed by atoms with van der Waals surface area (Å²) in [5, 5.41) is 14.5. The van der Waals surface area contributed by atoms with E-state index in [1.165, 1.54) is 6.07 Å². The van der Waals surface area contributed by atoms with Crippen molar-refractivity contribution in [2.75, 3.05) is 17.9 Å². The number of fused-ring (bicyclic) bond motifs is 4.